The Morgan fingerprint density at radius 2 is 2.21 bits per heavy atom. The van der Waals surface area contributed by atoms with E-state index in [1.54, 1.807) is 18.6 Å². The fourth-order valence-corrected chi connectivity index (χ4v) is 2.76. The molecule has 3 heterocycles. The molecule has 24 heavy (non-hydrogen) atoms. The van der Waals surface area contributed by atoms with Gasteiger partial charge >= 0.3 is 0 Å². The monoisotopic (exact) mass is 326 g/mol. The van der Waals surface area contributed by atoms with Gasteiger partial charge in [-0.15, -0.1) is 0 Å². The topological polar surface area (TPSA) is 67.3 Å². The van der Waals surface area contributed by atoms with Crippen molar-refractivity contribution in [3.8, 4) is 0 Å². The quantitative estimate of drug-likeness (QED) is 0.878. The molecule has 1 N–H and O–H groups in total. The normalized spacial score (nSPS) is 15.4. The molecule has 0 aromatic carbocycles. The van der Waals surface area contributed by atoms with Crippen molar-refractivity contribution in [1.29, 1.82) is 0 Å². The molecule has 0 unspecified atom stereocenters. The van der Waals surface area contributed by atoms with Gasteiger partial charge in [-0.25, -0.2) is 0 Å². The number of pyridine rings is 2. The van der Waals surface area contributed by atoms with Gasteiger partial charge in [0.1, 0.15) is 5.69 Å². The van der Waals surface area contributed by atoms with Crippen LogP contribution < -0.4 is 10.2 Å². The molecule has 1 saturated heterocycles. The summed E-state index contributed by atoms with van der Waals surface area (Å²) in [5.74, 6) is -0.188. The number of hydrogen-bond donors (Lipinski definition) is 1. The maximum Gasteiger partial charge on any atom is 0.270 e. The molecule has 3 rings (SSSR count). The summed E-state index contributed by atoms with van der Waals surface area (Å²) in [6, 6.07) is 7.51. The summed E-state index contributed by atoms with van der Waals surface area (Å²) in [4.78, 5) is 22.7. The van der Waals surface area contributed by atoms with E-state index in [-0.39, 0.29) is 11.3 Å². The number of rotatable bonds is 6. The lowest BCUT2D eigenvalue weighted by atomic mass is 9.88. The molecule has 2 aromatic rings. The average Bonchev–Trinajstić information content (AvgIpc) is 2.59. The van der Waals surface area contributed by atoms with E-state index in [0.717, 1.165) is 31.0 Å². The molecule has 1 fully saturated rings. The second-order valence-electron chi connectivity index (χ2n) is 6.60. The van der Waals surface area contributed by atoms with Gasteiger partial charge in [0.2, 0.25) is 0 Å². The van der Waals surface area contributed by atoms with Crippen LogP contribution in [0.3, 0.4) is 0 Å². The minimum Gasteiger partial charge on any atom is -0.380 e. The molecule has 0 bridgehead atoms. The summed E-state index contributed by atoms with van der Waals surface area (Å²) < 4.78 is 5.30. The lowest BCUT2D eigenvalue weighted by molar-refractivity contribution is -0.0951. The van der Waals surface area contributed by atoms with Crippen molar-refractivity contribution < 1.29 is 9.53 Å². The first-order valence-electron chi connectivity index (χ1n) is 7.98. The zero-order chi connectivity index (χ0) is 17.0. The number of carbonyl (C=O) groups is 1. The Labute approximate surface area is 141 Å². The molecule has 1 amide bonds. The van der Waals surface area contributed by atoms with Crippen LogP contribution >= 0.6 is 0 Å². The first kappa shape index (κ1) is 16.4. The van der Waals surface area contributed by atoms with Gasteiger partial charge in [0, 0.05) is 49.8 Å². The maximum atomic E-state index is 12.3. The van der Waals surface area contributed by atoms with Crippen molar-refractivity contribution in [3.05, 3.63) is 54.1 Å². The van der Waals surface area contributed by atoms with Crippen LogP contribution in [0.15, 0.2) is 42.9 Å². The Kier molecular flexibility index (Phi) is 4.76. The van der Waals surface area contributed by atoms with Gasteiger partial charge in [0.25, 0.3) is 5.91 Å². The third-order valence-corrected chi connectivity index (χ3v) is 4.11. The Balaban J connectivity index is 1.62. The lowest BCUT2D eigenvalue weighted by Gasteiger charge is -2.41. The van der Waals surface area contributed by atoms with E-state index in [4.69, 9.17) is 4.74 Å². The zero-order valence-electron chi connectivity index (χ0n) is 14.0. The molecule has 0 spiro atoms. The molecule has 126 valence electrons. The Morgan fingerprint density at radius 1 is 1.38 bits per heavy atom. The van der Waals surface area contributed by atoms with E-state index in [9.17, 15) is 4.79 Å². The van der Waals surface area contributed by atoms with E-state index in [0.29, 0.717) is 12.2 Å². The summed E-state index contributed by atoms with van der Waals surface area (Å²) in [7, 11) is 2.02. The van der Waals surface area contributed by atoms with Crippen molar-refractivity contribution >= 4 is 11.6 Å². The van der Waals surface area contributed by atoms with Gasteiger partial charge in [0.05, 0.1) is 13.2 Å². The molecular weight excluding hydrogens is 304 g/mol. The molecular formula is C18H22N4O2. The lowest BCUT2D eigenvalue weighted by Crippen LogP contribution is -2.47. The standard InChI is InChI=1S/C18H22N4O2/c1-18(12-24-13-18)11-22(2)15-5-7-20-16(8-15)17(23)21-10-14-4-3-6-19-9-14/h3-9H,10-13H2,1-2H3,(H,21,23). The molecule has 0 atom stereocenters. The van der Waals surface area contributed by atoms with Crippen LogP contribution in [0.4, 0.5) is 5.69 Å². The zero-order valence-corrected chi connectivity index (χ0v) is 14.0. The molecule has 1 aliphatic rings. The third-order valence-electron chi connectivity index (χ3n) is 4.11. The van der Waals surface area contributed by atoms with Crippen LogP contribution in [0.25, 0.3) is 0 Å². The molecule has 0 radical (unpaired) electrons. The van der Waals surface area contributed by atoms with Crippen molar-refractivity contribution in [2.24, 2.45) is 5.41 Å². The van der Waals surface area contributed by atoms with E-state index < -0.39 is 0 Å². The number of nitrogens with zero attached hydrogens (tertiary/aromatic N) is 3. The van der Waals surface area contributed by atoms with E-state index >= 15 is 0 Å². The number of amides is 1. The van der Waals surface area contributed by atoms with E-state index in [1.165, 1.54) is 0 Å². The Morgan fingerprint density at radius 3 is 2.88 bits per heavy atom. The molecule has 6 nitrogen and oxygen atoms in total. The first-order valence-corrected chi connectivity index (χ1v) is 7.98. The van der Waals surface area contributed by atoms with Crippen LogP contribution in [-0.2, 0) is 11.3 Å². The average molecular weight is 326 g/mol. The number of aromatic nitrogens is 2. The van der Waals surface area contributed by atoms with Crippen molar-refractivity contribution in [1.82, 2.24) is 15.3 Å². The van der Waals surface area contributed by atoms with Crippen LogP contribution in [-0.4, -0.2) is 42.7 Å². The number of hydrogen-bond acceptors (Lipinski definition) is 5. The second-order valence-corrected chi connectivity index (χ2v) is 6.60. The number of ether oxygens (including phenoxy) is 1. The fourth-order valence-electron chi connectivity index (χ4n) is 2.76. The largest absolute Gasteiger partial charge is 0.380 e. The molecule has 1 aliphatic heterocycles. The molecule has 0 saturated carbocycles. The van der Waals surface area contributed by atoms with Crippen molar-refractivity contribution in [2.45, 2.75) is 13.5 Å². The fraction of sp³-hybridized carbons (Fsp3) is 0.389. The molecule has 6 heteroatoms. The van der Waals surface area contributed by atoms with Crippen LogP contribution in [0.2, 0.25) is 0 Å². The molecule has 2 aromatic heterocycles. The third kappa shape index (κ3) is 3.89. The number of nitrogens with one attached hydrogen (secondary N) is 1. The van der Waals surface area contributed by atoms with Crippen LogP contribution in [0, 0.1) is 5.41 Å². The van der Waals surface area contributed by atoms with Gasteiger partial charge in [-0.2, -0.15) is 0 Å². The summed E-state index contributed by atoms with van der Waals surface area (Å²) in [5, 5.41) is 2.87. The van der Waals surface area contributed by atoms with E-state index in [1.807, 2.05) is 31.3 Å². The predicted molar refractivity (Wildman–Crippen MR) is 91.8 cm³/mol. The van der Waals surface area contributed by atoms with Gasteiger partial charge in [0.15, 0.2) is 0 Å². The van der Waals surface area contributed by atoms with Gasteiger partial charge in [-0.05, 0) is 23.8 Å². The number of anilines is 1. The maximum absolute atomic E-state index is 12.3. The SMILES string of the molecule is CN(CC1(C)COC1)c1ccnc(C(=O)NCc2cccnc2)c1. The van der Waals surface area contributed by atoms with Crippen LogP contribution in [0.5, 0.6) is 0 Å². The van der Waals surface area contributed by atoms with Crippen LogP contribution in [0.1, 0.15) is 23.0 Å². The van der Waals surface area contributed by atoms with Gasteiger partial charge < -0.3 is 15.0 Å². The van der Waals surface area contributed by atoms with Crippen molar-refractivity contribution in [2.75, 3.05) is 31.7 Å². The summed E-state index contributed by atoms with van der Waals surface area (Å²) in [6.07, 6.45) is 5.11. The summed E-state index contributed by atoms with van der Waals surface area (Å²) in [6.45, 7) is 5.08. The highest BCUT2D eigenvalue weighted by molar-refractivity contribution is 5.93. The smallest absolute Gasteiger partial charge is 0.270 e. The molecule has 0 aliphatic carbocycles. The highest BCUT2D eigenvalue weighted by Crippen LogP contribution is 2.29. The minimum atomic E-state index is -0.188. The Bertz CT molecular complexity index is 701. The van der Waals surface area contributed by atoms with Crippen molar-refractivity contribution in [3.63, 3.8) is 0 Å². The van der Waals surface area contributed by atoms with E-state index in [2.05, 4.69) is 27.1 Å². The number of carbonyl (C=O) groups excluding carboxylic acids is 1. The minimum absolute atomic E-state index is 0.181. The van der Waals surface area contributed by atoms with Gasteiger partial charge in [-0.1, -0.05) is 13.0 Å². The summed E-state index contributed by atoms with van der Waals surface area (Å²) >= 11 is 0. The highest BCUT2D eigenvalue weighted by Gasteiger charge is 2.34. The van der Waals surface area contributed by atoms with Gasteiger partial charge in [-0.3, -0.25) is 14.8 Å². The second kappa shape index (κ2) is 6.97. The first-order chi connectivity index (χ1) is 11.6. The highest BCUT2D eigenvalue weighted by atomic mass is 16.5. The summed E-state index contributed by atoms with van der Waals surface area (Å²) in [5.41, 5.74) is 2.53. The Hall–Kier alpha value is -2.47. The predicted octanol–water partition coefficient (Wildman–Crippen LogP) is 1.88.